The molecule has 0 aromatic heterocycles. The average Bonchev–Trinajstić information content (AvgIpc) is 2.80. The van der Waals surface area contributed by atoms with Crippen molar-refractivity contribution in [3.63, 3.8) is 0 Å². The maximum Gasteiger partial charge on any atom is 0.191 e. The zero-order valence-corrected chi connectivity index (χ0v) is 18.9. The first kappa shape index (κ1) is 24.5. The summed E-state index contributed by atoms with van der Waals surface area (Å²) in [6.07, 6.45) is -0.777. The van der Waals surface area contributed by atoms with Crippen LogP contribution in [0.25, 0.3) is 0 Å². The Morgan fingerprint density at radius 3 is 2.52 bits per heavy atom. The van der Waals surface area contributed by atoms with E-state index in [1.54, 1.807) is 32.4 Å². The Hall–Kier alpha value is -2.77. The summed E-state index contributed by atoms with van der Waals surface area (Å²) in [6.45, 7) is 6.96. The minimum absolute atomic E-state index is 0.266. The molecule has 2 aromatic rings. The third-order valence-electron chi connectivity index (χ3n) is 4.68. The summed E-state index contributed by atoms with van der Waals surface area (Å²) >= 11 is 0. The van der Waals surface area contributed by atoms with Crippen molar-refractivity contribution in [1.29, 1.82) is 0 Å². The third-order valence-corrected chi connectivity index (χ3v) is 4.68. The standard InChI is InChI=1S/C24H35N3O4/c1-5-25-24(26-14-18(2)16-31-17-19-9-7-6-8-10-19)27-15-22(28)21-13-20(29-3)11-12-23(21)30-4/h6-13,18,22,28H,5,14-17H2,1-4H3,(H2,25,26,27). The minimum atomic E-state index is -0.777. The van der Waals surface area contributed by atoms with Crippen LogP contribution < -0.4 is 20.1 Å². The fraction of sp³-hybridized carbons (Fsp3) is 0.458. The quantitative estimate of drug-likeness (QED) is 0.355. The van der Waals surface area contributed by atoms with Gasteiger partial charge in [0.25, 0.3) is 0 Å². The summed E-state index contributed by atoms with van der Waals surface area (Å²) in [7, 11) is 3.18. The Labute approximate surface area is 185 Å². The summed E-state index contributed by atoms with van der Waals surface area (Å²) in [6, 6.07) is 15.5. The fourth-order valence-corrected chi connectivity index (χ4v) is 3.00. The summed E-state index contributed by atoms with van der Waals surface area (Å²) in [4.78, 5) is 4.63. The molecule has 0 aliphatic rings. The van der Waals surface area contributed by atoms with Gasteiger partial charge < -0.3 is 30.0 Å². The number of benzene rings is 2. The molecule has 0 aliphatic heterocycles. The summed E-state index contributed by atoms with van der Waals surface area (Å²) in [5.74, 6) is 2.20. The number of aliphatic hydroxyl groups excluding tert-OH is 1. The first-order valence-corrected chi connectivity index (χ1v) is 10.6. The zero-order valence-electron chi connectivity index (χ0n) is 18.9. The van der Waals surface area contributed by atoms with E-state index in [1.807, 2.05) is 25.1 Å². The zero-order chi connectivity index (χ0) is 22.5. The molecule has 2 rings (SSSR count). The van der Waals surface area contributed by atoms with Crippen molar-refractivity contribution < 1.29 is 19.3 Å². The Bertz CT molecular complexity index is 799. The number of ether oxygens (including phenoxy) is 3. The van der Waals surface area contributed by atoms with Gasteiger partial charge in [0.2, 0.25) is 0 Å². The predicted octanol–water partition coefficient (Wildman–Crippen LogP) is 3.15. The number of methoxy groups -OCH3 is 2. The number of hydrogen-bond acceptors (Lipinski definition) is 5. The van der Waals surface area contributed by atoms with Gasteiger partial charge in [-0.3, -0.25) is 4.99 Å². The lowest BCUT2D eigenvalue weighted by molar-refractivity contribution is 0.0944. The molecule has 0 saturated carbocycles. The maximum atomic E-state index is 10.7. The van der Waals surface area contributed by atoms with E-state index in [1.165, 1.54) is 0 Å². The molecule has 0 fully saturated rings. The predicted molar refractivity (Wildman–Crippen MR) is 124 cm³/mol. The number of aliphatic hydroxyl groups is 1. The van der Waals surface area contributed by atoms with E-state index in [9.17, 15) is 5.11 Å². The average molecular weight is 430 g/mol. The molecule has 2 aromatic carbocycles. The first-order valence-electron chi connectivity index (χ1n) is 10.6. The number of rotatable bonds is 12. The third kappa shape index (κ3) is 8.47. The first-order chi connectivity index (χ1) is 15.1. The molecule has 0 saturated heterocycles. The second-order valence-corrected chi connectivity index (χ2v) is 7.33. The molecule has 170 valence electrons. The number of aliphatic imine (C=N–C) groups is 1. The van der Waals surface area contributed by atoms with Crippen molar-refractivity contribution in [1.82, 2.24) is 10.6 Å². The molecule has 2 atom stereocenters. The molecule has 3 N–H and O–H groups in total. The molecule has 2 unspecified atom stereocenters. The van der Waals surface area contributed by atoms with Gasteiger partial charge in [0.15, 0.2) is 5.96 Å². The SMILES string of the molecule is CCNC(=NCC(C)COCc1ccccc1)NCC(O)c1cc(OC)ccc1OC. The molecule has 0 radical (unpaired) electrons. The lowest BCUT2D eigenvalue weighted by Gasteiger charge is -2.19. The van der Waals surface area contributed by atoms with Crippen LogP contribution >= 0.6 is 0 Å². The van der Waals surface area contributed by atoms with E-state index in [4.69, 9.17) is 14.2 Å². The Balaban J connectivity index is 1.86. The molecule has 0 spiro atoms. The van der Waals surface area contributed by atoms with Gasteiger partial charge in [-0.1, -0.05) is 37.3 Å². The number of guanidine groups is 1. The minimum Gasteiger partial charge on any atom is -0.497 e. The van der Waals surface area contributed by atoms with Crippen LogP contribution in [0, 0.1) is 5.92 Å². The van der Waals surface area contributed by atoms with Crippen LogP contribution in [0.15, 0.2) is 53.5 Å². The molecule has 0 aliphatic carbocycles. The van der Waals surface area contributed by atoms with Crippen LogP contribution in [0.5, 0.6) is 11.5 Å². The summed E-state index contributed by atoms with van der Waals surface area (Å²) in [5, 5.41) is 17.1. The van der Waals surface area contributed by atoms with Crippen molar-refractivity contribution in [3.05, 3.63) is 59.7 Å². The Kier molecular flexibility index (Phi) is 10.7. The molecule has 7 heteroatoms. The molecule has 0 amide bonds. The van der Waals surface area contributed by atoms with Gasteiger partial charge in [-0.05, 0) is 36.6 Å². The number of nitrogens with one attached hydrogen (secondary N) is 2. The highest BCUT2D eigenvalue weighted by Crippen LogP contribution is 2.29. The van der Waals surface area contributed by atoms with E-state index in [2.05, 4.69) is 34.7 Å². The van der Waals surface area contributed by atoms with Crippen molar-refractivity contribution >= 4 is 5.96 Å². The largest absolute Gasteiger partial charge is 0.497 e. The van der Waals surface area contributed by atoms with Crippen molar-refractivity contribution in [2.75, 3.05) is 40.5 Å². The van der Waals surface area contributed by atoms with Gasteiger partial charge >= 0.3 is 0 Å². The number of hydrogen-bond donors (Lipinski definition) is 3. The van der Waals surface area contributed by atoms with Crippen molar-refractivity contribution in [3.8, 4) is 11.5 Å². The lowest BCUT2D eigenvalue weighted by Crippen LogP contribution is -2.39. The second kappa shape index (κ2) is 13.5. The van der Waals surface area contributed by atoms with E-state index in [0.717, 1.165) is 12.1 Å². The van der Waals surface area contributed by atoms with Crippen molar-refractivity contribution in [2.45, 2.75) is 26.6 Å². The fourth-order valence-electron chi connectivity index (χ4n) is 3.00. The van der Waals surface area contributed by atoms with E-state index in [0.29, 0.717) is 42.8 Å². The van der Waals surface area contributed by atoms with Gasteiger partial charge in [0.1, 0.15) is 11.5 Å². The van der Waals surface area contributed by atoms with Crippen LogP contribution in [0.3, 0.4) is 0 Å². The van der Waals surface area contributed by atoms with E-state index in [-0.39, 0.29) is 12.5 Å². The normalized spacial score (nSPS) is 13.4. The second-order valence-electron chi connectivity index (χ2n) is 7.33. The summed E-state index contributed by atoms with van der Waals surface area (Å²) < 4.78 is 16.4. The maximum absolute atomic E-state index is 10.7. The van der Waals surface area contributed by atoms with Crippen LogP contribution in [0.2, 0.25) is 0 Å². The lowest BCUT2D eigenvalue weighted by atomic mass is 10.1. The molecule has 0 bridgehead atoms. The highest BCUT2D eigenvalue weighted by Gasteiger charge is 2.15. The molecular formula is C24H35N3O4. The smallest absolute Gasteiger partial charge is 0.191 e. The van der Waals surface area contributed by atoms with Gasteiger partial charge in [-0.25, -0.2) is 0 Å². The van der Waals surface area contributed by atoms with Gasteiger partial charge in [0, 0.05) is 25.2 Å². The van der Waals surface area contributed by atoms with E-state index >= 15 is 0 Å². The topological polar surface area (TPSA) is 84.3 Å². The van der Waals surface area contributed by atoms with Crippen LogP contribution in [-0.2, 0) is 11.3 Å². The molecule has 0 heterocycles. The van der Waals surface area contributed by atoms with E-state index < -0.39 is 6.10 Å². The Morgan fingerprint density at radius 2 is 1.84 bits per heavy atom. The highest BCUT2D eigenvalue weighted by atomic mass is 16.5. The van der Waals surface area contributed by atoms with Crippen molar-refractivity contribution in [2.24, 2.45) is 10.9 Å². The molecule has 31 heavy (non-hydrogen) atoms. The van der Waals surface area contributed by atoms with Crippen LogP contribution in [-0.4, -0.2) is 51.5 Å². The Morgan fingerprint density at radius 1 is 1.06 bits per heavy atom. The number of nitrogens with zero attached hydrogens (tertiary/aromatic N) is 1. The monoisotopic (exact) mass is 429 g/mol. The van der Waals surface area contributed by atoms with Crippen LogP contribution in [0.4, 0.5) is 0 Å². The highest BCUT2D eigenvalue weighted by molar-refractivity contribution is 5.79. The van der Waals surface area contributed by atoms with Gasteiger partial charge in [-0.2, -0.15) is 0 Å². The van der Waals surface area contributed by atoms with Gasteiger partial charge in [-0.15, -0.1) is 0 Å². The molecule has 7 nitrogen and oxygen atoms in total. The molecular weight excluding hydrogens is 394 g/mol. The van der Waals surface area contributed by atoms with Gasteiger partial charge in [0.05, 0.1) is 33.5 Å². The van der Waals surface area contributed by atoms with Crippen LogP contribution in [0.1, 0.15) is 31.1 Å². The summed E-state index contributed by atoms with van der Waals surface area (Å²) in [5.41, 5.74) is 1.82.